The molecule has 1 aliphatic heterocycles. The molecule has 2 nitrogen and oxygen atoms in total. The fourth-order valence-electron chi connectivity index (χ4n) is 2.22. The molecule has 0 aliphatic carbocycles. The monoisotopic (exact) mass is 254 g/mol. The minimum atomic E-state index is 0. The number of nitrogens with one attached hydrogen (secondary N) is 1. The Morgan fingerprint density at radius 1 is 1.12 bits per heavy atom. The first kappa shape index (κ1) is 14.5. The van der Waals surface area contributed by atoms with E-state index in [0.29, 0.717) is 0 Å². The SMILES string of the molecule is Cc1ccc(CN2CCCNCC2)cc1C.Cl. The van der Waals surface area contributed by atoms with Gasteiger partial charge in [-0.25, -0.2) is 0 Å². The van der Waals surface area contributed by atoms with E-state index >= 15 is 0 Å². The zero-order chi connectivity index (χ0) is 11.4. The number of aryl methyl sites for hydroxylation is 2. The summed E-state index contributed by atoms with van der Waals surface area (Å²) in [6.07, 6.45) is 1.27. The standard InChI is InChI=1S/C14H22N2.ClH/c1-12-4-5-14(10-13(12)2)11-16-8-3-6-15-7-9-16;/h4-5,10,15H,3,6-9,11H2,1-2H3;1H. The molecule has 1 N–H and O–H groups in total. The molecular formula is C14H23ClN2. The van der Waals surface area contributed by atoms with E-state index in [2.05, 4.69) is 42.3 Å². The molecule has 1 fully saturated rings. The van der Waals surface area contributed by atoms with Crippen LogP contribution in [-0.2, 0) is 6.54 Å². The number of hydrogen-bond donors (Lipinski definition) is 1. The summed E-state index contributed by atoms with van der Waals surface area (Å²) in [4.78, 5) is 2.55. The second kappa shape index (κ2) is 7.00. The van der Waals surface area contributed by atoms with Crippen molar-refractivity contribution >= 4 is 12.4 Å². The number of benzene rings is 1. The van der Waals surface area contributed by atoms with Crippen molar-refractivity contribution in [2.24, 2.45) is 0 Å². The Morgan fingerprint density at radius 3 is 2.71 bits per heavy atom. The Bertz CT molecular complexity index is 344. The normalized spacial score (nSPS) is 17.3. The first-order chi connectivity index (χ1) is 7.75. The minimum Gasteiger partial charge on any atom is -0.315 e. The maximum atomic E-state index is 3.44. The van der Waals surface area contributed by atoms with Crippen molar-refractivity contribution in [2.45, 2.75) is 26.8 Å². The molecule has 2 rings (SSSR count). The van der Waals surface area contributed by atoms with Gasteiger partial charge < -0.3 is 5.32 Å². The van der Waals surface area contributed by atoms with Crippen molar-refractivity contribution < 1.29 is 0 Å². The molecule has 0 amide bonds. The summed E-state index contributed by atoms with van der Waals surface area (Å²) in [5.74, 6) is 0. The van der Waals surface area contributed by atoms with Crippen LogP contribution in [0.2, 0.25) is 0 Å². The topological polar surface area (TPSA) is 15.3 Å². The van der Waals surface area contributed by atoms with Gasteiger partial charge in [0, 0.05) is 19.6 Å². The molecule has 1 heterocycles. The summed E-state index contributed by atoms with van der Waals surface area (Å²) in [6.45, 7) is 10.2. The molecule has 96 valence electrons. The largest absolute Gasteiger partial charge is 0.315 e. The maximum Gasteiger partial charge on any atom is 0.0234 e. The van der Waals surface area contributed by atoms with E-state index in [9.17, 15) is 0 Å². The lowest BCUT2D eigenvalue weighted by Gasteiger charge is -2.19. The second-order valence-electron chi connectivity index (χ2n) is 4.80. The van der Waals surface area contributed by atoms with Crippen LogP contribution >= 0.6 is 12.4 Å². The fourth-order valence-corrected chi connectivity index (χ4v) is 2.22. The van der Waals surface area contributed by atoms with Gasteiger partial charge >= 0.3 is 0 Å². The second-order valence-corrected chi connectivity index (χ2v) is 4.80. The zero-order valence-corrected chi connectivity index (χ0v) is 11.6. The van der Waals surface area contributed by atoms with E-state index in [1.807, 2.05) is 0 Å². The molecule has 1 aliphatic rings. The molecule has 1 saturated heterocycles. The van der Waals surface area contributed by atoms with Crippen LogP contribution in [0, 0.1) is 13.8 Å². The molecule has 0 saturated carbocycles. The molecule has 0 aromatic heterocycles. The van der Waals surface area contributed by atoms with Crippen LogP contribution in [0.4, 0.5) is 0 Å². The van der Waals surface area contributed by atoms with Crippen LogP contribution in [0.5, 0.6) is 0 Å². The van der Waals surface area contributed by atoms with Gasteiger partial charge in [-0.2, -0.15) is 0 Å². The molecule has 0 spiro atoms. The van der Waals surface area contributed by atoms with Gasteiger partial charge in [0.15, 0.2) is 0 Å². The van der Waals surface area contributed by atoms with E-state index < -0.39 is 0 Å². The number of hydrogen-bond acceptors (Lipinski definition) is 2. The summed E-state index contributed by atoms with van der Waals surface area (Å²) < 4.78 is 0. The predicted molar refractivity (Wildman–Crippen MR) is 75.9 cm³/mol. The van der Waals surface area contributed by atoms with E-state index in [1.54, 1.807) is 0 Å². The summed E-state index contributed by atoms with van der Waals surface area (Å²) in [5, 5.41) is 3.44. The summed E-state index contributed by atoms with van der Waals surface area (Å²) in [5.41, 5.74) is 4.25. The van der Waals surface area contributed by atoms with Gasteiger partial charge in [0.25, 0.3) is 0 Å². The van der Waals surface area contributed by atoms with Crippen LogP contribution in [0.3, 0.4) is 0 Å². The molecule has 0 atom stereocenters. The van der Waals surface area contributed by atoms with Crippen LogP contribution < -0.4 is 5.32 Å². The van der Waals surface area contributed by atoms with E-state index in [-0.39, 0.29) is 12.4 Å². The Kier molecular flexibility index (Phi) is 5.96. The lowest BCUT2D eigenvalue weighted by atomic mass is 10.1. The lowest BCUT2D eigenvalue weighted by Crippen LogP contribution is -2.27. The fraction of sp³-hybridized carbons (Fsp3) is 0.571. The van der Waals surface area contributed by atoms with Crippen LogP contribution in [0.1, 0.15) is 23.1 Å². The average molecular weight is 255 g/mol. The van der Waals surface area contributed by atoms with Crippen LogP contribution in [-0.4, -0.2) is 31.1 Å². The summed E-state index contributed by atoms with van der Waals surface area (Å²) >= 11 is 0. The highest BCUT2D eigenvalue weighted by Crippen LogP contribution is 2.12. The number of rotatable bonds is 2. The van der Waals surface area contributed by atoms with E-state index in [4.69, 9.17) is 0 Å². The summed E-state index contributed by atoms with van der Waals surface area (Å²) in [7, 11) is 0. The number of nitrogens with zero attached hydrogens (tertiary/aromatic N) is 1. The van der Waals surface area contributed by atoms with E-state index in [0.717, 1.165) is 13.1 Å². The zero-order valence-electron chi connectivity index (χ0n) is 10.8. The van der Waals surface area contributed by atoms with Gasteiger partial charge in [-0.05, 0) is 50.0 Å². The van der Waals surface area contributed by atoms with Gasteiger partial charge in [0.2, 0.25) is 0 Å². The third kappa shape index (κ3) is 4.30. The Balaban J connectivity index is 0.00000144. The van der Waals surface area contributed by atoms with Crippen LogP contribution in [0.15, 0.2) is 18.2 Å². The molecule has 0 radical (unpaired) electrons. The van der Waals surface area contributed by atoms with Crippen molar-refractivity contribution in [3.05, 3.63) is 34.9 Å². The Labute approximate surface area is 111 Å². The van der Waals surface area contributed by atoms with Gasteiger partial charge in [0.1, 0.15) is 0 Å². The van der Waals surface area contributed by atoms with E-state index in [1.165, 1.54) is 42.7 Å². The average Bonchev–Trinajstić information content (AvgIpc) is 2.52. The minimum absolute atomic E-state index is 0. The quantitative estimate of drug-likeness (QED) is 0.873. The van der Waals surface area contributed by atoms with Gasteiger partial charge in [-0.1, -0.05) is 18.2 Å². The molecular weight excluding hydrogens is 232 g/mol. The van der Waals surface area contributed by atoms with Gasteiger partial charge in [-0.15, -0.1) is 12.4 Å². The third-order valence-corrected chi connectivity index (χ3v) is 3.41. The highest BCUT2D eigenvalue weighted by Gasteiger charge is 2.08. The molecule has 17 heavy (non-hydrogen) atoms. The highest BCUT2D eigenvalue weighted by molar-refractivity contribution is 5.85. The van der Waals surface area contributed by atoms with Crippen molar-refractivity contribution in [2.75, 3.05) is 26.2 Å². The first-order valence-electron chi connectivity index (χ1n) is 6.25. The Morgan fingerprint density at radius 2 is 1.94 bits per heavy atom. The lowest BCUT2D eigenvalue weighted by molar-refractivity contribution is 0.284. The molecule has 3 heteroatoms. The molecule has 1 aromatic rings. The van der Waals surface area contributed by atoms with Crippen LogP contribution in [0.25, 0.3) is 0 Å². The smallest absolute Gasteiger partial charge is 0.0234 e. The predicted octanol–water partition coefficient (Wildman–Crippen LogP) is 2.52. The van der Waals surface area contributed by atoms with Crippen molar-refractivity contribution in [1.82, 2.24) is 10.2 Å². The Hall–Kier alpha value is -0.570. The molecule has 1 aromatic carbocycles. The molecule has 0 bridgehead atoms. The highest BCUT2D eigenvalue weighted by atomic mass is 35.5. The maximum absolute atomic E-state index is 3.44. The van der Waals surface area contributed by atoms with Gasteiger partial charge in [0.05, 0.1) is 0 Å². The first-order valence-corrected chi connectivity index (χ1v) is 6.25. The third-order valence-electron chi connectivity index (χ3n) is 3.41. The van der Waals surface area contributed by atoms with Gasteiger partial charge in [-0.3, -0.25) is 4.90 Å². The number of halogens is 1. The van der Waals surface area contributed by atoms with Crippen molar-refractivity contribution in [3.8, 4) is 0 Å². The molecule has 0 unspecified atom stereocenters. The van der Waals surface area contributed by atoms with Crippen molar-refractivity contribution in [1.29, 1.82) is 0 Å². The summed E-state index contributed by atoms with van der Waals surface area (Å²) in [6, 6.07) is 6.83. The van der Waals surface area contributed by atoms with Crippen molar-refractivity contribution in [3.63, 3.8) is 0 Å².